The topological polar surface area (TPSA) is 161 Å². The van der Waals surface area contributed by atoms with Crippen molar-refractivity contribution in [3.05, 3.63) is 82.8 Å². The Hall–Kier alpha value is -3.95. The third-order valence-corrected chi connectivity index (χ3v) is 8.20. The van der Waals surface area contributed by atoms with Crippen LogP contribution in [0.4, 0.5) is 0 Å². The first kappa shape index (κ1) is 27.6. The second-order valence-corrected chi connectivity index (χ2v) is 11.9. The van der Waals surface area contributed by atoms with E-state index in [2.05, 4.69) is 20.8 Å². The molecule has 3 aliphatic carbocycles. The van der Waals surface area contributed by atoms with Gasteiger partial charge in [0.25, 0.3) is 5.91 Å². The number of carbonyl (C=O) groups excluding carboxylic acids is 3. The molecule has 40 heavy (non-hydrogen) atoms. The number of fused-ring (bicyclic) bond motifs is 3. The molecular formula is C31H32N2O7. The summed E-state index contributed by atoms with van der Waals surface area (Å²) in [6, 6.07) is 9.85. The van der Waals surface area contributed by atoms with Gasteiger partial charge in [-0.25, -0.2) is 0 Å². The average Bonchev–Trinajstić information content (AvgIpc) is 2.85. The Balaban J connectivity index is 1.70. The standard InChI is InChI=1S/C31H32N2O7/c1-30(2,3)16-8-6-14(7-9-16)17-10-11-20(34)22-18(17)12-15-13-19-24(33(4)5)26(36)23(29(32)39)28(38)31(19,40)27(37)21(15)25(22)35/h6-13,15,19,24,34-35,38,40H,1-5H3,(H2,32,39)/t15?,19?,24-,31-/m0/s1. The molecule has 2 radical (unpaired) electrons. The van der Waals surface area contributed by atoms with Crippen LogP contribution in [0.25, 0.3) is 16.9 Å². The van der Waals surface area contributed by atoms with Gasteiger partial charge in [-0.2, -0.15) is 0 Å². The van der Waals surface area contributed by atoms with Crippen LogP contribution in [0.15, 0.2) is 53.3 Å². The Morgan fingerprint density at radius 2 is 1.62 bits per heavy atom. The molecule has 9 nitrogen and oxygen atoms in total. The lowest BCUT2D eigenvalue weighted by molar-refractivity contribution is -0.149. The van der Waals surface area contributed by atoms with Crippen molar-refractivity contribution in [1.82, 2.24) is 4.90 Å². The minimum absolute atomic E-state index is 0.00193. The second kappa shape index (κ2) is 9.04. The number of hydrogen-bond donors (Lipinski definition) is 5. The van der Waals surface area contributed by atoms with Gasteiger partial charge in [-0.15, -0.1) is 0 Å². The Bertz CT molecular complexity index is 1530. The maximum absolute atomic E-state index is 13.9. The summed E-state index contributed by atoms with van der Waals surface area (Å²) in [5.74, 6) is -7.32. The van der Waals surface area contributed by atoms with E-state index in [1.807, 2.05) is 24.3 Å². The van der Waals surface area contributed by atoms with Crippen LogP contribution in [0.1, 0.15) is 37.5 Å². The monoisotopic (exact) mass is 544 g/mol. The van der Waals surface area contributed by atoms with Crippen molar-refractivity contribution in [1.29, 1.82) is 0 Å². The Labute approximate surface area is 232 Å². The number of nitrogens with two attached hydrogens (primary N) is 1. The van der Waals surface area contributed by atoms with E-state index >= 15 is 0 Å². The Morgan fingerprint density at radius 1 is 1.00 bits per heavy atom. The number of benzene rings is 2. The van der Waals surface area contributed by atoms with Crippen LogP contribution in [-0.4, -0.2) is 68.5 Å². The fraction of sp³-hybridized carbons (Fsp3) is 0.323. The van der Waals surface area contributed by atoms with Crippen LogP contribution in [0.2, 0.25) is 0 Å². The van der Waals surface area contributed by atoms with E-state index in [-0.39, 0.29) is 22.3 Å². The SMILES string of the molecule is CN(C)[C@@H]1C(=O)C(C(N)=O)=C(O)[C@@]2(O)C(=O)C3=C(O)c4c(O)ccc(-c5ccc(C(C)(C)C)cc5)c4[CH]C3[CH]C12. The third-order valence-electron chi connectivity index (χ3n) is 8.20. The number of phenolic OH excluding ortho intramolecular Hbond substituents is 1. The van der Waals surface area contributed by atoms with Crippen LogP contribution in [-0.2, 0) is 19.8 Å². The van der Waals surface area contributed by atoms with Gasteiger partial charge in [0, 0.05) is 23.8 Å². The molecule has 3 aliphatic rings. The van der Waals surface area contributed by atoms with E-state index in [9.17, 15) is 34.8 Å². The normalized spacial score (nSPS) is 26.5. The van der Waals surface area contributed by atoms with E-state index < -0.39 is 58.0 Å². The molecule has 6 N–H and O–H groups in total. The molecule has 0 heterocycles. The summed E-state index contributed by atoms with van der Waals surface area (Å²) in [6.45, 7) is 6.32. The van der Waals surface area contributed by atoms with Crippen molar-refractivity contribution >= 4 is 23.2 Å². The zero-order valence-corrected chi connectivity index (χ0v) is 22.9. The summed E-state index contributed by atoms with van der Waals surface area (Å²) in [4.78, 5) is 40.7. The number of carbonyl (C=O) groups is 3. The highest BCUT2D eigenvalue weighted by Crippen LogP contribution is 2.53. The van der Waals surface area contributed by atoms with Gasteiger partial charge < -0.3 is 26.2 Å². The number of aliphatic hydroxyl groups is 3. The summed E-state index contributed by atoms with van der Waals surface area (Å²) in [5.41, 5.74) is 4.56. The van der Waals surface area contributed by atoms with Crippen molar-refractivity contribution in [2.45, 2.75) is 37.8 Å². The van der Waals surface area contributed by atoms with E-state index in [0.29, 0.717) is 11.1 Å². The first-order valence-corrected chi connectivity index (χ1v) is 12.9. The number of Topliss-reactive ketones (excluding diaryl/α,β-unsaturated/α-hetero) is 2. The number of rotatable bonds is 3. The molecule has 0 bridgehead atoms. The lowest BCUT2D eigenvalue weighted by atomic mass is 9.57. The molecule has 2 aromatic rings. The third kappa shape index (κ3) is 3.79. The number of likely N-dealkylation sites (N-methyl/N-ethyl adjacent to an activating group) is 1. The fourth-order valence-corrected chi connectivity index (χ4v) is 6.13. The molecule has 1 amide bonds. The number of ketones is 2. The van der Waals surface area contributed by atoms with Crippen LogP contribution < -0.4 is 5.73 Å². The maximum atomic E-state index is 13.9. The number of nitrogens with zero attached hydrogens (tertiary/aromatic N) is 1. The smallest absolute Gasteiger partial charge is 0.255 e. The molecule has 5 rings (SSSR count). The van der Waals surface area contributed by atoms with Crippen molar-refractivity contribution in [3.63, 3.8) is 0 Å². The van der Waals surface area contributed by atoms with Gasteiger partial charge in [0.15, 0.2) is 11.4 Å². The van der Waals surface area contributed by atoms with E-state index in [0.717, 1.165) is 11.1 Å². The molecule has 1 saturated carbocycles. The van der Waals surface area contributed by atoms with Gasteiger partial charge >= 0.3 is 0 Å². The summed E-state index contributed by atoms with van der Waals surface area (Å²) < 4.78 is 0. The highest BCUT2D eigenvalue weighted by atomic mass is 16.3. The van der Waals surface area contributed by atoms with E-state index in [1.54, 1.807) is 26.6 Å². The lowest BCUT2D eigenvalue weighted by Gasteiger charge is -2.50. The number of aliphatic hydroxyl groups excluding tert-OH is 2. The van der Waals surface area contributed by atoms with Crippen molar-refractivity contribution in [2.24, 2.45) is 17.6 Å². The summed E-state index contributed by atoms with van der Waals surface area (Å²) >= 11 is 0. The second-order valence-electron chi connectivity index (χ2n) is 11.9. The van der Waals surface area contributed by atoms with Gasteiger partial charge in [-0.1, -0.05) is 51.1 Å². The number of aromatic hydroxyl groups is 1. The van der Waals surface area contributed by atoms with Crippen LogP contribution >= 0.6 is 0 Å². The molecular weight excluding hydrogens is 512 g/mol. The number of phenols is 1. The zero-order chi connectivity index (χ0) is 29.5. The minimum atomic E-state index is -2.73. The van der Waals surface area contributed by atoms with E-state index in [1.165, 1.54) is 17.4 Å². The molecule has 9 heteroatoms. The van der Waals surface area contributed by atoms with Crippen molar-refractivity contribution < 1.29 is 34.8 Å². The quantitative estimate of drug-likeness (QED) is 0.369. The molecule has 0 spiro atoms. The van der Waals surface area contributed by atoms with Crippen molar-refractivity contribution in [3.8, 4) is 16.9 Å². The van der Waals surface area contributed by atoms with Gasteiger partial charge in [-0.3, -0.25) is 19.3 Å². The predicted octanol–water partition coefficient (Wildman–Crippen LogP) is 2.75. The van der Waals surface area contributed by atoms with E-state index in [4.69, 9.17) is 5.73 Å². The molecule has 4 atom stereocenters. The fourth-order valence-electron chi connectivity index (χ4n) is 6.13. The summed E-state index contributed by atoms with van der Waals surface area (Å²) in [6.07, 6.45) is 3.21. The predicted molar refractivity (Wildman–Crippen MR) is 148 cm³/mol. The Kier molecular flexibility index (Phi) is 6.24. The van der Waals surface area contributed by atoms with Crippen molar-refractivity contribution in [2.75, 3.05) is 14.1 Å². The highest BCUT2D eigenvalue weighted by molar-refractivity contribution is 6.25. The molecule has 2 aromatic carbocycles. The minimum Gasteiger partial charge on any atom is -0.508 e. The highest BCUT2D eigenvalue weighted by Gasteiger charge is 2.64. The molecule has 1 fully saturated rings. The number of hydrogen-bond acceptors (Lipinski definition) is 8. The van der Waals surface area contributed by atoms with Crippen LogP contribution in [0, 0.1) is 24.7 Å². The molecule has 208 valence electrons. The summed E-state index contributed by atoms with van der Waals surface area (Å²) in [5, 5.41) is 44.8. The first-order valence-electron chi connectivity index (χ1n) is 12.9. The number of primary amides is 1. The van der Waals surface area contributed by atoms with Crippen LogP contribution in [0.3, 0.4) is 0 Å². The first-order chi connectivity index (χ1) is 18.6. The molecule has 0 aromatic heterocycles. The van der Waals surface area contributed by atoms with Gasteiger partial charge in [-0.05, 0) is 54.3 Å². The molecule has 0 saturated heterocycles. The maximum Gasteiger partial charge on any atom is 0.255 e. The Morgan fingerprint density at radius 3 is 2.17 bits per heavy atom. The van der Waals surface area contributed by atoms with Gasteiger partial charge in [0.2, 0.25) is 5.78 Å². The molecule has 0 aliphatic heterocycles. The number of amides is 1. The van der Waals surface area contributed by atoms with Crippen LogP contribution in [0.5, 0.6) is 5.75 Å². The average molecular weight is 545 g/mol. The summed E-state index contributed by atoms with van der Waals surface area (Å²) in [7, 11) is 3.09. The van der Waals surface area contributed by atoms with Gasteiger partial charge in [0.05, 0.1) is 11.6 Å². The molecule has 2 unspecified atom stereocenters. The zero-order valence-electron chi connectivity index (χ0n) is 22.9. The van der Waals surface area contributed by atoms with Gasteiger partial charge in [0.1, 0.15) is 22.8 Å². The lowest BCUT2D eigenvalue weighted by Crippen LogP contribution is -2.65. The largest absolute Gasteiger partial charge is 0.508 e.